The zero-order valence-corrected chi connectivity index (χ0v) is 6.16. The zero-order chi connectivity index (χ0) is 7.42. The summed E-state index contributed by atoms with van der Waals surface area (Å²) in [6.45, 7) is 0.717. The highest BCUT2D eigenvalue weighted by molar-refractivity contribution is 5.43. The molecule has 1 fully saturated rings. The van der Waals surface area contributed by atoms with Crippen LogP contribution in [0.1, 0.15) is 6.42 Å². The van der Waals surface area contributed by atoms with E-state index in [-0.39, 0.29) is 0 Å². The van der Waals surface area contributed by atoms with E-state index in [1.807, 2.05) is 0 Å². The smallest absolute Gasteiger partial charge is 0.178 e. The lowest BCUT2D eigenvalue weighted by Crippen LogP contribution is -2.10. The predicted molar refractivity (Wildman–Crippen MR) is 39.7 cm³/mol. The molecule has 0 aromatic rings. The normalized spacial score (nSPS) is 45.7. The van der Waals surface area contributed by atoms with E-state index in [1.165, 1.54) is 5.57 Å². The third kappa shape index (κ3) is 0.596. The molecular formula is C9H10O2. The second-order valence-corrected chi connectivity index (χ2v) is 3.50. The van der Waals surface area contributed by atoms with E-state index < -0.39 is 6.29 Å². The molecule has 2 bridgehead atoms. The van der Waals surface area contributed by atoms with Crippen molar-refractivity contribution in [3.63, 3.8) is 0 Å². The van der Waals surface area contributed by atoms with Crippen LogP contribution in [0.3, 0.4) is 0 Å². The maximum atomic E-state index is 9.41. The minimum Gasteiger partial charge on any atom is -0.364 e. The van der Waals surface area contributed by atoms with Gasteiger partial charge in [-0.1, -0.05) is 12.2 Å². The van der Waals surface area contributed by atoms with Crippen LogP contribution < -0.4 is 0 Å². The van der Waals surface area contributed by atoms with Gasteiger partial charge in [0.05, 0.1) is 6.61 Å². The van der Waals surface area contributed by atoms with Gasteiger partial charge < -0.3 is 9.84 Å². The molecule has 0 radical (unpaired) electrons. The topological polar surface area (TPSA) is 29.5 Å². The van der Waals surface area contributed by atoms with Gasteiger partial charge in [0.1, 0.15) is 0 Å². The fraction of sp³-hybridized carbons (Fsp3) is 0.556. The Bertz CT molecular complexity index is 265. The Balaban J connectivity index is 2.13. The van der Waals surface area contributed by atoms with Crippen molar-refractivity contribution in [1.82, 2.24) is 0 Å². The van der Waals surface area contributed by atoms with Crippen molar-refractivity contribution in [2.75, 3.05) is 6.61 Å². The van der Waals surface area contributed by atoms with Crippen molar-refractivity contribution < 1.29 is 9.84 Å². The van der Waals surface area contributed by atoms with Gasteiger partial charge in [0.15, 0.2) is 6.29 Å². The first kappa shape index (κ1) is 5.98. The third-order valence-electron chi connectivity index (χ3n) is 2.99. The van der Waals surface area contributed by atoms with Crippen LogP contribution in [0.15, 0.2) is 23.3 Å². The monoisotopic (exact) mass is 150 g/mol. The number of hydrogen-bond donors (Lipinski definition) is 1. The Morgan fingerprint density at radius 3 is 3.27 bits per heavy atom. The van der Waals surface area contributed by atoms with E-state index in [1.54, 1.807) is 0 Å². The van der Waals surface area contributed by atoms with Gasteiger partial charge in [0.25, 0.3) is 0 Å². The largest absolute Gasteiger partial charge is 0.364 e. The van der Waals surface area contributed by atoms with Crippen LogP contribution in [-0.2, 0) is 4.74 Å². The van der Waals surface area contributed by atoms with Crippen LogP contribution in [0.25, 0.3) is 0 Å². The van der Waals surface area contributed by atoms with Crippen molar-refractivity contribution in [3.8, 4) is 0 Å². The summed E-state index contributed by atoms with van der Waals surface area (Å²) in [6.07, 6.45) is 4.92. The summed E-state index contributed by atoms with van der Waals surface area (Å²) in [7, 11) is 0. The summed E-state index contributed by atoms with van der Waals surface area (Å²) in [5.41, 5.74) is 2.49. The first-order valence-electron chi connectivity index (χ1n) is 4.07. The average Bonchev–Trinajstić information content (AvgIpc) is 2.60. The molecule has 0 spiro atoms. The van der Waals surface area contributed by atoms with E-state index in [2.05, 4.69) is 12.2 Å². The number of rotatable bonds is 0. The van der Waals surface area contributed by atoms with Gasteiger partial charge in [-0.2, -0.15) is 0 Å². The summed E-state index contributed by atoms with van der Waals surface area (Å²) < 4.78 is 5.16. The minimum absolute atomic E-state index is 0.505. The number of fused-ring (bicyclic) bond motifs is 4. The Kier molecular flexibility index (Phi) is 0.957. The molecule has 1 saturated heterocycles. The van der Waals surface area contributed by atoms with E-state index in [0.29, 0.717) is 11.8 Å². The summed E-state index contributed by atoms with van der Waals surface area (Å²) in [5, 5.41) is 9.41. The van der Waals surface area contributed by atoms with Crippen molar-refractivity contribution in [2.24, 2.45) is 11.8 Å². The van der Waals surface area contributed by atoms with Crippen LogP contribution in [0, 0.1) is 11.8 Å². The number of ether oxygens (including phenoxy) is 1. The van der Waals surface area contributed by atoms with Crippen molar-refractivity contribution in [3.05, 3.63) is 23.3 Å². The first-order chi connectivity index (χ1) is 5.36. The lowest BCUT2D eigenvalue weighted by atomic mass is 9.92. The van der Waals surface area contributed by atoms with Crippen LogP contribution in [0.5, 0.6) is 0 Å². The molecule has 1 heterocycles. The third-order valence-corrected chi connectivity index (χ3v) is 2.99. The lowest BCUT2D eigenvalue weighted by Gasteiger charge is -2.11. The molecule has 1 N–H and O–H groups in total. The number of allylic oxidation sites excluding steroid dienone is 3. The van der Waals surface area contributed by atoms with Crippen molar-refractivity contribution in [2.45, 2.75) is 12.7 Å². The predicted octanol–water partition coefficient (Wildman–Crippen LogP) is 0.838. The van der Waals surface area contributed by atoms with Gasteiger partial charge in [-0.15, -0.1) is 0 Å². The molecule has 0 aromatic carbocycles. The Labute approximate surface area is 65.2 Å². The molecule has 0 aromatic heterocycles. The standard InChI is InChI=1S/C9H10O2/c10-9-8-6-2-1-5(3-6)7(8)4-11-9/h1-2,5,7,9-10H,3-4H2. The molecule has 3 atom stereocenters. The highest BCUT2D eigenvalue weighted by Crippen LogP contribution is 2.48. The Hall–Kier alpha value is -0.600. The van der Waals surface area contributed by atoms with Crippen molar-refractivity contribution >= 4 is 0 Å². The van der Waals surface area contributed by atoms with Gasteiger partial charge >= 0.3 is 0 Å². The summed E-state index contributed by atoms with van der Waals surface area (Å²) in [5.74, 6) is 1.14. The molecule has 1 aliphatic heterocycles. The molecule has 58 valence electrons. The van der Waals surface area contributed by atoms with E-state index >= 15 is 0 Å². The van der Waals surface area contributed by atoms with Gasteiger partial charge in [-0.05, 0) is 23.5 Å². The second kappa shape index (κ2) is 1.76. The number of aliphatic hydroxyl groups is 1. The van der Waals surface area contributed by atoms with E-state index in [0.717, 1.165) is 18.6 Å². The molecule has 11 heavy (non-hydrogen) atoms. The summed E-state index contributed by atoms with van der Waals surface area (Å²) in [6, 6.07) is 0. The van der Waals surface area contributed by atoms with Crippen LogP contribution in [0.4, 0.5) is 0 Å². The number of hydrogen-bond acceptors (Lipinski definition) is 2. The molecule has 0 amide bonds. The fourth-order valence-corrected chi connectivity index (χ4v) is 2.43. The second-order valence-electron chi connectivity index (χ2n) is 3.50. The summed E-state index contributed by atoms with van der Waals surface area (Å²) in [4.78, 5) is 0. The van der Waals surface area contributed by atoms with Gasteiger partial charge in [0.2, 0.25) is 0 Å². The van der Waals surface area contributed by atoms with Gasteiger partial charge in [-0.25, -0.2) is 0 Å². The fourth-order valence-electron chi connectivity index (χ4n) is 2.43. The maximum absolute atomic E-state index is 9.41. The molecule has 3 unspecified atom stereocenters. The molecule has 2 heteroatoms. The van der Waals surface area contributed by atoms with Crippen molar-refractivity contribution in [1.29, 1.82) is 0 Å². The summed E-state index contributed by atoms with van der Waals surface area (Å²) >= 11 is 0. The minimum atomic E-state index is -0.593. The highest BCUT2D eigenvalue weighted by atomic mass is 16.6. The molecule has 2 aliphatic carbocycles. The van der Waals surface area contributed by atoms with Crippen LogP contribution in [-0.4, -0.2) is 18.0 Å². The van der Waals surface area contributed by atoms with E-state index in [4.69, 9.17) is 4.74 Å². The molecular weight excluding hydrogens is 140 g/mol. The maximum Gasteiger partial charge on any atom is 0.178 e. The Morgan fingerprint density at radius 2 is 2.45 bits per heavy atom. The molecule has 0 saturated carbocycles. The molecule has 3 rings (SSSR count). The average molecular weight is 150 g/mol. The van der Waals surface area contributed by atoms with E-state index in [9.17, 15) is 5.11 Å². The first-order valence-corrected chi connectivity index (χ1v) is 4.07. The SMILES string of the molecule is OC1OCC2C1=C1C=CC2C1. The van der Waals surface area contributed by atoms with Gasteiger partial charge in [-0.3, -0.25) is 0 Å². The van der Waals surface area contributed by atoms with Crippen LogP contribution >= 0.6 is 0 Å². The lowest BCUT2D eigenvalue weighted by molar-refractivity contribution is -0.0428. The zero-order valence-electron chi connectivity index (χ0n) is 6.16. The Morgan fingerprint density at radius 1 is 1.55 bits per heavy atom. The number of aliphatic hydroxyl groups excluding tert-OH is 1. The van der Waals surface area contributed by atoms with Crippen LogP contribution in [0.2, 0.25) is 0 Å². The van der Waals surface area contributed by atoms with Gasteiger partial charge in [0, 0.05) is 5.92 Å². The molecule has 2 nitrogen and oxygen atoms in total. The highest BCUT2D eigenvalue weighted by Gasteiger charge is 2.43. The molecule has 3 aliphatic rings. The quantitative estimate of drug-likeness (QED) is 0.554.